The van der Waals surface area contributed by atoms with E-state index < -0.39 is 23.4 Å². The maximum atomic E-state index is 13.5. The zero-order valence-corrected chi connectivity index (χ0v) is 16.1. The summed E-state index contributed by atoms with van der Waals surface area (Å²) in [4.78, 5) is 38.9. The third kappa shape index (κ3) is 3.35. The van der Waals surface area contributed by atoms with Crippen molar-refractivity contribution in [2.75, 3.05) is 10.2 Å². The van der Waals surface area contributed by atoms with Crippen LogP contribution in [-0.2, 0) is 9.59 Å². The number of benzene rings is 2. The molecule has 2 amide bonds. The van der Waals surface area contributed by atoms with Gasteiger partial charge in [-0.15, -0.1) is 0 Å². The fraction of sp³-hybridized carbons (Fsp3) is 0.286. The Morgan fingerprint density at radius 1 is 1.18 bits per heavy atom. The molecule has 0 spiro atoms. The van der Waals surface area contributed by atoms with E-state index in [-0.39, 0.29) is 23.0 Å². The number of nitrogens with one attached hydrogen (secondary N) is 1. The summed E-state index contributed by atoms with van der Waals surface area (Å²) in [6, 6.07) is 10.5. The van der Waals surface area contributed by atoms with Gasteiger partial charge in [-0.25, -0.2) is 4.39 Å². The normalized spacial score (nSPS) is 16.0. The quantitative estimate of drug-likeness (QED) is 0.818. The summed E-state index contributed by atoms with van der Waals surface area (Å²) < 4.78 is 19.2. The Labute approximate surface area is 162 Å². The number of carbonyl (C=O) groups excluding carboxylic acids is 3. The lowest BCUT2D eigenvalue weighted by Crippen LogP contribution is -2.60. The number of hydrogen-bond acceptors (Lipinski definition) is 4. The largest absolute Gasteiger partial charge is 0.480 e. The molecule has 1 heterocycles. The monoisotopic (exact) mass is 384 g/mol. The van der Waals surface area contributed by atoms with Gasteiger partial charge in [0.15, 0.2) is 11.9 Å². The van der Waals surface area contributed by atoms with Crippen LogP contribution in [0.2, 0.25) is 0 Å². The first kappa shape index (κ1) is 19.5. The van der Waals surface area contributed by atoms with E-state index in [9.17, 15) is 18.8 Å². The molecule has 0 radical (unpaired) electrons. The second-order valence-corrected chi connectivity index (χ2v) is 7.16. The molecule has 146 valence electrons. The number of Topliss-reactive ketones (excluding diaryl/α,β-unsaturated/α-hetero) is 1. The number of halogens is 1. The minimum Gasteiger partial charge on any atom is -0.480 e. The SMILES string of the molecule is CC(=O)c1cc(F)ccc1O[C@H](C)C(=O)N1c2ccccc2NC(=O)C1(C)C. The molecule has 1 N–H and O–H groups in total. The van der Waals surface area contributed by atoms with Crippen LogP contribution < -0.4 is 15.0 Å². The highest BCUT2D eigenvalue weighted by Gasteiger charge is 2.45. The number of hydrogen-bond donors (Lipinski definition) is 1. The predicted octanol–water partition coefficient (Wildman–Crippen LogP) is 3.56. The summed E-state index contributed by atoms with van der Waals surface area (Å²) in [6.45, 7) is 6.10. The van der Waals surface area contributed by atoms with E-state index in [2.05, 4.69) is 5.32 Å². The molecule has 28 heavy (non-hydrogen) atoms. The molecular formula is C21H21FN2O4. The molecule has 0 fully saturated rings. The first-order valence-corrected chi connectivity index (χ1v) is 8.84. The van der Waals surface area contributed by atoms with Gasteiger partial charge in [-0.2, -0.15) is 0 Å². The lowest BCUT2D eigenvalue weighted by atomic mass is 9.95. The van der Waals surface area contributed by atoms with E-state index in [1.807, 2.05) is 0 Å². The summed E-state index contributed by atoms with van der Waals surface area (Å²) in [5.74, 6) is -1.61. The number of amides is 2. The first-order chi connectivity index (χ1) is 13.1. The van der Waals surface area contributed by atoms with Gasteiger partial charge in [-0.3, -0.25) is 19.3 Å². The van der Waals surface area contributed by atoms with Gasteiger partial charge in [-0.05, 0) is 58.0 Å². The van der Waals surface area contributed by atoms with E-state index in [0.717, 1.165) is 12.1 Å². The van der Waals surface area contributed by atoms with Crippen molar-refractivity contribution >= 4 is 29.0 Å². The van der Waals surface area contributed by atoms with Crippen LogP contribution in [0.4, 0.5) is 15.8 Å². The van der Waals surface area contributed by atoms with E-state index in [1.54, 1.807) is 38.1 Å². The molecule has 2 aromatic rings. The second kappa shape index (κ2) is 7.07. The number of nitrogens with zero attached hydrogens (tertiary/aromatic N) is 1. The third-order valence-corrected chi connectivity index (χ3v) is 4.70. The Hall–Kier alpha value is -3.22. The van der Waals surface area contributed by atoms with Crippen molar-refractivity contribution < 1.29 is 23.5 Å². The molecule has 1 aliphatic heterocycles. The van der Waals surface area contributed by atoms with Crippen LogP contribution in [-0.4, -0.2) is 29.2 Å². The van der Waals surface area contributed by atoms with Gasteiger partial charge in [-0.1, -0.05) is 12.1 Å². The van der Waals surface area contributed by atoms with Crippen molar-refractivity contribution in [1.29, 1.82) is 0 Å². The van der Waals surface area contributed by atoms with Gasteiger partial charge in [0.05, 0.1) is 16.9 Å². The number of ether oxygens (including phenoxy) is 1. The highest BCUT2D eigenvalue weighted by atomic mass is 19.1. The Morgan fingerprint density at radius 3 is 2.54 bits per heavy atom. The average Bonchev–Trinajstić information content (AvgIpc) is 2.63. The maximum Gasteiger partial charge on any atom is 0.268 e. The zero-order chi connectivity index (χ0) is 20.6. The van der Waals surface area contributed by atoms with Crippen LogP contribution in [0.15, 0.2) is 42.5 Å². The van der Waals surface area contributed by atoms with Gasteiger partial charge in [0, 0.05) is 0 Å². The Bertz CT molecular complexity index is 971. The number of anilines is 2. The van der Waals surface area contributed by atoms with Crippen LogP contribution in [0.3, 0.4) is 0 Å². The van der Waals surface area contributed by atoms with Crippen molar-refractivity contribution in [2.24, 2.45) is 0 Å². The Morgan fingerprint density at radius 2 is 1.86 bits per heavy atom. The molecule has 0 unspecified atom stereocenters. The molecule has 0 bridgehead atoms. The molecular weight excluding hydrogens is 363 g/mol. The molecule has 6 nitrogen and oxygen atoms in total. The standard InChI is InChI=1S/C21H21FN2O4/c1-12(25)15-11-14(22)9-10-18(15)28-13(2)19(26)24-17-8-6-5-7-16(17)23-20(27)21(24,3)4/h5-11,13H,1-4H3,(H,23,27)/t13-/m1/s1. The predicted molar refractivity (Wildman–Crippen MR) is 103 cm³/mol. The lowest BCUT2D eigenvalue weighted by Gasteiger charge is -2.42. The van der Waals surface area contributed by atoms with Crippen molar-refractivity contribution in [1.82, 2.24) is 0 Å². The fourth-order valence-corrected chi connectivity index (χ4v) is 3.15. The van der Waals surface area contributed by atoms with E-state index in [0.29, 0.717) is 11.4 Å². The van der Waals surface area contributed by atoms with Crippen LogP contribution in [0, 0.1) is 5.82 Å². The van der Waals surface area contributed by atoms with Crippen molar-refractivity contribution in [2.45, 2.75) is 39.3 Å². The number of para-hydroxylation sites is 2. The minimum atomic E-state index is -1.14. The summed E-state index contributed by atoms with van der Waals surface area (Å²) in [5, 5.41) is 2.79. The minimum absolute atomic E-state index is 0.0516. The smallest absolute Gasteiger partial charge is 0.268 e. The van der Waals surface area contributed by atoms with E-state index >= 15 is 0 Å². The van der Waals surface area contributed by atoms with Gasteiger partial charge < -0.3 is 10.1 Å². The molecule has 0 aromatic heterocycles. The second-order valence-electron chi connectivity index (χ2n) is 7.16. The van der Waals surface area contributed by atoms with Gasteiger partial charge in [0.1, 0.15) is 17.1 Å². The summed E-state index contributed by atoms with van der Waals surface area (Å²) in [6.07, 6.45) is -1.01. The molecule has 0 saturated carbocycles. The van der Waals surface area contributed by atoms with E-state index in [1.165, 1.54) is 24.8 Å². The summed E-state index contributed by atoms with van der Waals surface area (Å²) in [7, 11) is 0. The van der Waals surface area contributed by atoms with Crippen molar-refractivity contribution in [3.05, 3.63) is 53.8 Å². The molecule has 3 rings (SSSR count). The topological polar surface area (TPSA) is 75.7 Å². The van der Waals surface area contributed by atoms with Crippen LogP contribution in [0.5, 0.6) is 5.75 Å². The highest BCUT2D eigenvalue weighted by molar-refractivity contribution is 6.15. The number of ketones is 1. The van der Waals surface area contributed by atoms with Gasteiger partial charge in [0.25, 0.3) is 5.91 Å². The van der Waals surface area contributed by atoms with Crippen molar-refractivity contribution in [3.8, 4) is 5.75 Å². The Kier molecular flexibility index (Phi) is 4.93. The molecule has 0 aliphatic carbocycles. The zero-order valence-electron chi connectivity index (χ0n) is 16.1. The summed E-state index contributed by atoms with van der Waals surface area (Å²) in [5.41, 5.74) is -0.0114. The molecule has 7 heteroatoms. The molecule has 2 aromatic carbocycles. The first-order valence-electron chi connectivity index (χ1n) is 8.84. The maximum absolute atomic E-state index is 13.5. The molecule has 0 saturated heterocycles. The Balaban J connectivity index is 1.95. The fourth-order valence-electron chi connectivity index (χ4n) is 3.15. The number of carbonyl (C=O) groups is 3. The van der Waals surface area contributed by atoms with Crippen LogP contribution in [0.25, 0.3) is 0 Å². The van der Waals surface area contributed by atoms with Gasteiger partial charge in [0.2, 0.25) is 5.91 Å². The molecule has 1 aliphatic rings. The van der Waals surface area contributed by atoms with Crippen LogP contribution >= 0.6 is 0 Å². The highest BCUT2D eigenvalue weighted by Crippen LogP contribution is 2.37. The van der Waals surface area contributed by atoms with Crippen molar-refractivity contribution in [3.63, 3.8) is 0 Å². The van der Waals surface area contributed by atoms with Gasteiger partial charge >= 0.3 is 0 Å². The van der Waals surface area contributed by atoms with Crippen LogP contribution in [0.1, 0.15) is 38.1 Å². The lowest BCUT2D eigenvalue weighted by molar-refractivity contribution is -0.130. The number of fused-ring (bicyclic) bond motifs is 1. The average molecular weight is 384 g/mol. The summed E-state index contributed by atoms with van der Waals surface area (Å²) >= 11 is 0. The molecule has 1 atom stereocenters. The van der Waals surface area contributed by atoms with E-state index in [4.69, 9.17) is 4.74 Å². The third-order valence-electron chi connectivity index (χ3n) is 4.70. The number of rotatable bonds is 4.